The maximum atomic E-state index is 14.6. The fraction of sp³-hybridized carbons (Fsp3) is 0.694. The molecule has 0 bridgehead atoms. The summed E-state index contributed by atoms with van der Waals surface area (Å²) >= 11 is 0. The zero-order chi connectivity index (χ0) is 46.4. The lowest BCUT2D eigenvalue weighted by Gasteiger charge is -2.59. The summed E-state index contributed by atoms with van der Waals surface area (Å²) in [6, 6.07) is 8.89. The van der Waals surface area contributed by atoms with E-state index in [1.54, 1.807) is 0 Å². The van der Waals surface area contributed by atoms with Crippen LogP contribution in [0.25, 0.3) is 0 Å². The van der Waals surface area contributed by atoms with Crippen LogP contribution in [0.15, 0.2) is 59.0 Å². The molecule has 0 heterocycles. The first-order valence-corrected chi connectivity index (χ1v) is 25.5. The molecule has 0 aromatic heterocycles. The van der Waals surface area contributed by atoms with Gasteiger partial charge in [-0.05, 0) is 136 Å². The third kappa shape index (κ3) is 10.7. The first-order chi connectivity index (χ1) is 30.4. The highest BCUT2D eigenvalue weighted by atomic mass is 32.2. The molecule has 8 atom stereocenters. The number of nitro benzene ring substituents is 3. The summed E-state index contributed by atoms with van der Waals surface area (Å²) < 4.78 is 30.6. The highest BCUT2D eigenvalue weighted by Crippen LogP contribution is 2.67. The van der Waals surface area contributed by atoms with Crippen LogP contribution in [0.3, 0.4) is 0 Å². The largest absolute Gasteiger partial charge is 0.356 e. The first-order valence-electron chi connectivity index (χ1n) is 24.0. The van der Waals surface area contributed by atoms with Gasteiger partial charge in [0.2, 0.25) is 15.9 Å². The smallest absolute Gasteiger partial charge is 0.289 e. The Hall–Kier alpha value is -4.24. The molecule has 1 amide bonds. The number of fused-ring (bicyclic) bond motifs is 5. The lowest BCUT2D eigenvalue weighted by molar-refractivity contribution is -0.394. The number of unbranched alkanes of at least 4 members (excludes halogenated alkanes) is 3. The fourth-order valence-electron chi connectivity index (χ4n) is 12.9. The second-order valence-electron chi connectivity index (χ2n) is 20.5. The van der Waals surface area contributed by atoms with E-state index in [9.17, 15) is 43.6 Å². The number of rotatable bonds is 22. The number of carbonyl (C=O) groups excluding carboxylic acids is 1. The molecule has 2 aromatic rings. The topological polar surface area (TPSA) is 196 Å². The van der Waals surface area contributed by atoms with Crippen molar-refractivity contribution in [3.05, 3.63) is 90.0 Å². The Morgan fingerprint density at radius 1 is 0.828 bits per heavy atom. The minimum atomic E-state index is -4.28. The number of para-hydroxylation sites is 1. The standard InChI is InChI=1S/C49H71N5O9S/c1-34(2)14-12-15-35(3)41-24-25-42-40-23-21-37-32-38(26-28-48(37,4)43(40)27-29-49(41,42)5)51(64(62,63)46-18-11-10-17-44(46)53(58)59)31-13-30-50-47(55)19-9-7-6-8-16-36-20-22-39(52(56)57)33-45(36)54(60)61/h10-11,17-18,20-22,33-35,38,40-43H,6-9,12-16,19,23-32H2,1-5H3,(H,50,55)/t35?,38-,40?,41+,42?,43?,48-,49+/m0/s1. The molecule has 0 radical (unpaired) electrons. The summed E-state index contributed by atoms with van der Waals surface area (Å²) in [6.45, 7) is 12.5. The van der Waals surface area contributed by atoms with Crippen LogP contribution in [0, 0.1) is 76.7 Å². The van der Waals surface area contributed by atoms with E-state index in [0.717, 1.165) is 43.1 Å². The quantitative estimate of drug-likeness (QED) is 0.0517. The number of carbonyl (C=O) groups is 1. The van der Waals surface area contributed by atoms with Crippen molar-refractivity contribution in [3.63, 3.8) is 0 Å². The third-order valence-electron chi connectivity index (χ3n) is 16.3. The molecule has 3 fully saturated rings. The summed E-state index contributed by atoms with van der Waals surface area (Å²) in [5, 5.41) is 37.5. The molecule has 6 rings (SSSR count). The van der Waals surface area contributed by atoms with Crippen molar-refractivity contribution < 1.29 is 28.0 Å². The van der Waals surface area contributed by atoms with Gasteiger partial charge >= 0.3 is 0 Å². The molecule has 15 heteroatoms. The van der Waals surface area contributed by atoms with E-state index in [4.69, 9.17) is 0 Å². The average molecular weight is 906 g/mol. The van der Waals surface area contributed by atoms with Crippen LogP contribution in [-0.4, -0.2) is 52.5 Å². The zero-order valence-electron chi connectivity index (χ0n) is 38.7. The van der Waals surface area contributed by atoms with Crippen LogP contribution in [0.2, 0.25) is 0 Å². The molecule has 4 aliphatic carbocycles. The minimum Gasteiger partial charge on any atom is -0.356 e. The second kappa shape index (κ2) is 20.9. The SMILES string of the molecule is CC(C)CCCC(C)[C@H]1CCC2C3CC=C4C[C@@H](N(CCCNC(=O)CCCCCCc5ccc([N+](=O)[O-])cc5[N+](=O)[O-])S(=O)(=O)c5ccccc5[N+](=O)[O-])CC[C@]4(C)C3CC[C@@]21C. The number of hydrogen-bond donors (Lipinski definition) is 1. The molecule has 0 saturated heterocycles. The van der Waals surface area contributed by atoms with Gasteiger partial charge in [0.1, 0.15) is 0 Å². The number of allylic oxidation sites excluding steroid dienone is 1. The van der Waals surface area contributed by atoms with Crippen molar-refractivity contribution in [1.29, 1.82) is 0 Å². The molecule has 4 unspecified atom stereocenters. The van der Waals surface area contributed by atoms with E-state index in [-0.39, 0.29) is 53.1 Å². The van der Waals surface area contributed by atoms with E-state index in [1.165, 1.54) is 91.2 Å². The Balaban J connectivity index is 1.06. The van der Waals surface area contributed by atoms with Crippen LogP contribution >= 0.6 is 0 Å². The molecular formula is C49H71N5O9S. The Bertz CT molecular complexity index is 2160. The molecule has 14 nitrogen and oxygen atoms in total. The van der Waals surface area contributed by atoms with E-state index in [0.29, 0.717) is 73.7 Å². The number of amides is 1. The number of benzene rings is 2. The predicted octanol–water partition coefficient (Wildman–Crippen LogP) is 11.5. The van der Waals surface area contributed by atoms with Gasteiger partial charge in [0.25, 0.3) is 17.1 Å². The van der Waals surface area contributed by atoms with Crippen LogP contribution in [0.4, 0.5) is 17.1 Å². The summed E-state index contributed by atoms with van der Waals surface area (Å²) in [6.07, 6.45) is 18.3. The highest BCUT2D eigenvalue weighted by molar-refractivity contribution is 7.89. The summed E-state index contributed by atoms with van der Waals surface area (Å²) in [5.74, 6) is 4.01. The highest BCUT2D eigenvalue weighted by Gasteiger charge is 2.59. The van der Waals surface area contributed by atoms with E-state index >= 15 is 0 Å². The lowest BCUT2D eigenvalue weighted by atomic mass is 9.47. The van der Waals surface area contributed by atoms with Gasteiger partial charge in [-0.1, -0.05) is 90.5 Å². The number of hydrogen-bond acceptors (Lipinski definition) is 9. The maximum absolute atomic E-state index is 14.6. The first kappa shape index (κ1) is 49.2. The van der Waals surface area contributed by atoms with E-state index in [1.807, 2.05) is 0 Å². The Labute approximate surface area is 379 Å². The molecule has 1 N–H and O–H groups in total. The molecule has 2 aromatic carbocycles. The van der Waals surface area contributed by atoms with Gasteiger partial charge in [-0.15, -0.1) is 0 Å². The average Bonchev–Trinajstić information content (AvgIpc) is 3.61. The molecule has 0 spiro atoms. The van der Waals surface area contributed by atoms with Gasteiger partial charge in [-0.2, -0.15) is 4.31 Å². The number of nitrogens with zero attached hydrogens (tertiary/aromatic N) is 4. The third-order valence-corrected chi connectivity index (χ3v) is 18.3. The normalized spacial score (nSPS) is 27.0. The van der Waals surface area contributed by atoms with Crippen LogP contribution < -0.4 is 5.32 Å². The minimum absolute atomic E-state index is 0.00739. The second-order valence-corrected chi connectivity index (χ2v) is 22.3. The monoisotopic (exact) mass is 905 g/mol. The van der Waals surface area contributed by atoms with Gasteiger partial charge in [0.05, 0.1) is 20.8 Å². The lowest BCUT2D eigenvalue weighted by Crippen LogP contribution is -2.53. The van der Waals surface area contributed by atoms with Gasteiger partial charge in [0.15, 0.2) is 4.90 Å². The van der Waals surface area contributed by atoms with Gasteiger partial charge < -0.3 is 5.32 Å². The molecule has 3 saturated carbocycles. The van der Waals surface area contributed by atoms with E-state index in [2.05, 4.69) is 46.0 Å². The molecule has 352 valence electrons. The number of aryl methyl sites for hydroxylation is 1. The molecular weight excluding hydrogens is 835 g/mol. The van der Waals surface area contributed by atoms with Gasteiger partial charge in [-0.3, -0.25) is 35.1 Å². The molecule has 64 heavy (non-hydrogen) atoms. The Morgan fingerprint density at radius 3 is 2.28 bits per heavy atom. The number of nitrogens with one attached hydrogen (secondary N) is 1. The summed E-state index contributed by atoms with van der Waals surface area (Å²) in [7, 11) is -4.28. The van der Waals surface area contributed by atoms with Crippen LogP contribution in [0.5, 0.6) is 0 Å². The molecule has 4 aliphatic rings. The van der Waals surface area contributed by atoms with Gasteiger partial charge in [0, 0.05) is 43.2 Å². The predicted molar refractivity (Wildman–Crippen MR) is 248 cm³/mol. The number of sulfonamides is 1. The van der Waals surface area contributed by atoms with E-state index < -0.39 is 30.5 Å². The van der Waals surface area contributed by atoms with Crippen molar-refractivity contribution in [3.8, 4) is 0 Å². The van der Waals surface area contributed by atoms with Crippen molar-refractivity contribution in [2.24, 2.45) is 46.3 Å². The number of non-ortho nitro benzene ring substituents is 1. The zero-order valence-corrected chi connectivity index (χ0v) is 39.5. The fourth-order valence-corrected chi connectivity index (χ4v) is 14.8. The van der Waals surface area contributed by atoms with Crippen molar-refractivity contribution in [2.75, 3.05) is 13.1 Å². The molecule has 0 aliphatic heterocycles. The van der Waals surface area contributed by atoms with Crippen molar-refractivity contribution in [2.45, 2.75) is 161 Å². The van der Waals surface area contributed by atoms with Gasteiger partial charge in [-0.25, -0.2) is 8.42 Å². The summed E-state index contributed by atoms with van der Waals surface area (Å²) in [4.78, 5) is 45.2. The van der Waals surface area contributed by atoms with Crippen LogP contribution in [0.1, 0.15) is 149 Å². The van der Waals surface area contributed by atoms with Crippen molar-refractivity contribution >= 4 is 33.0 Å². The maximum Gasteiger partial charge on any atom is 0.289 e. The number of nitro groups is 3. The Kier molecular flexibility index (Phi) is 16.1. The Morgan fingerprint density at radius 2 is 1.56 bits per heavy atom. The van der Waals surface area contributed by atoms with Crippen LogP contribution in [-0.2, 0) is 21.2 Å². The summed E-state index contributed by atoms with van der Waals surface area (Å²) in [5.41, 5.74) is 1.10. The van der Waals surface area contributed by atoms with Crippen molar-refractivity contribution in [1.82, 2.24) is 9.62 Å².